The molecule has 0 aliphatic heterocycles. The maximum absolute atomic E-state index is 5.54. The van der Waals surface area contributed by atoms with Gasteiger partial charge in [-0.1, -0.05) is 11.3 Å². The molecule has 66 valence electrons. The summed E-state index contributed by atoms with van der Waals surface area (Å²) in [4.78, 5) is 4.07. The highest BCUT2D eigenvalue weighted by Gasteiger charge is 1.97. The van der Waals surface area contributed by atoms with Gasteiger partial charge in [-0.05, 0) is 13.8 Å². The summed E-state index contributed by atoms with van der Waals surface area (Å²) >= 11 is 1.38. The third-order valence-corrected chi connectivity index (χ3v) is 1.60. The van der Waals surface area contributed by atoms with Crippen LogP contribution in [0, 0.1) is 0 Å². The van der Waals surface area contributed by atoms with E-state index in [4.69, 9.17) is 5.73 Å². The maximum atomic E-state index is 5.54. The van der Waals surface area contributed by atoms with E-state index in [9.17, 15) is 0 Å². The highest BCUT2D eigenvalue weighted by molar-refractivity contribution is 7.13. The van der Waals surface area contributed by atoms with E-state index in [0.717, 1.165) is 0 Å². The molecule has 0 radical (unpaired) electrons. The minimum atomic E-state index is 0.186. The zero-order valence-corrected chi connectivity index (χ0v) is 7.80. The summed E-state index contributed by atoms with van der Waals surface area (Å²) in [7, 11) is 0. The predicted molar refractivity (Wildman–Crippen MR) is 50.3 cm³/mol. The summed E-state index contributed by atoms with van der Waals surface area (Å²) in [6.07, 6.45) is 0. The van der Waals surface area contributed by atoms with Crippen molar-refractivity contribution < 1.29 is 0 Å². The first-order chi connectivity index (χ1) is 5.68. The fraction of sp³-hybridized carbons (Fsp3) is 0.500. The van der Waals surface area contributed by atoms with Crippen LogP contribution in [0.25, 0.3) is 0 Å². The smallest absolute Gasteiger partial charge is 0.212 e. The second-order valence-corrected chi connectivity index (χ2v) is 3.31. The monoisotopic (exact) mass is 185 g/mol. The quantitative estimate of drug-likeness (QED) is 0.524. The second-order valence-electron chi connectivity index (χ2n) is 2.48. The van der Waals surface area contributed by atoms with Crippen molar-refractivity contribution in [2.75, 3.05) is 5.32 Å². The van der Waals surface area contributed by atoms with Crippen molar-refractivity contribution in [2.45, 2.75) is 19.9 Å². The molecular weight excluding hydrogens is 174 g/mol. The van der Waals surface area contributed by atoms with Crippen LogP contribution in [0.5, 0.6) is 0 Å². The zero-order chi connectivity index (χ0) is 8.97. The molecule has 0 bridgehead atoms. The van der Waals surface area contributed by atoms with Gasteiger partial charge in [-0.15, -0.1) is 10.2 Å². The zero-order valence-electron chi connectivity index (χ0n) is 6.98. The first-order valence-electron chi connectivity index (χ1n) is 3.55. The molecule has 0 spiro atoms. The lowest BCUT2D eigenvalue weighted by Crippen LogP contribution is -2.23. The van der Waals surface area contributed by atoms with Gasteiger partial charge in [-0.2, -0.15) is 0 Å². The lowest BCUT2D eigenvalue weighted by molar-refractivity contribution is 0.833. The number of anilines is 1. The molecule has 0 saturated heterocycles. The Balaban J connectivity index is 2.52. The number of rotatable bonds is 2. The van der Waals surface area contributed by atoms with Crippen LogP contribution in [0.4, 0.5) is 5.13 Å². The molecule has 5 nitrogen and oxygen atoms in total. The summed E-state index contributed by atoms with van der Waals surface area (Å²) in [6, 6.07) is 0.186. The fourth-order valence-corrected chi connectivity index (χ4v) is 1.10. The van der Waals surface area contributed by atoms with Gasteiger partial charge in [0.25, 0.3) is 0 Å². The molecule has 1 aromatic rings. The highest BCUT2D eigenvalue weighted by atomic mass is 32.1. The van der Waals surface area contributed by atoms with Gasteiger partial charge in [0.2, 0.25) is 5.13 Å². The Hall–Kier alpha value is -1.17. The number of hydrogen-bond acceptors (Lipinski definition) is 4. The Bertz CT molecular complexity index is 253. The van der Waals surface area contributed by atoms with Gasteiger partial charge in [0, 0.05) is 6.04 Å². The lowest BCUT2D eigenvalue weighted by atomic mass is 10.4. The molecule has 12 heavy (non-hydrogen) atoms. The number of nitrogens with zero attached hydrogens (tertiary/aromatic N) is 3. The number of hydrogen-bond donors (Lipinski definition) is 2. The Morgan fingerprint density at radius 2 is 2.50 bits per heavy atom. The van der Waals surface area contributed by atoms with Gasteiger partial charge in [0.1, 0.15) is 5.51 Å². The van der Waals surface area contributed by atoms with Crippen LogP contribution in [0.15, 0.2) is 10.5 Å². The van der Waals surface area contributed by atoms with E-state index in [1.165, 1.54) is 11.3 Å². The van der Waals surface area contributed by atoms with Crippen molar-refractivity contribution in [3.63, 3.8) is 0 Å². The number of aliphatic imine (C=N–C) groups is 1. The molecule has 3 N–H and O–H groups in total. The van der Waals surface area contributed by atoms with Gasteiger partial charge in [0.15, 0.2) is 5.96 Å². The van der Waals surface area contributed by atoms with Gasteiger partial charge >= 0.3 is 0 Å². The van der Waals surface area contributed by atoms with Crippen molar-refractivity contribution in [3.8, 4) is 0 Å². The average molecular weight is 185 g/mol. The topological polar surface area (TPSA) is 76.2 Å². The van der Waals surface area contributed by atoms with Crippen molar-refractivity contribution in [2.24, 2.45) is 10.7 Å². The van der Waals surface area contributed by atoms with Crippen LogP contribution in [-0.4, -0.2) is 22.2 Å². The van der Waals surface area contributed by atoms with E-state index in [1.807, 2.05) is 13.8 Å². The number of aromatic nitrogens is 2. The highest BCUT2D eigenvalue weighted by Crippen LogP contribution is 2.06. The molecule has 0 aliphatic rings. The van der Waals surface area contributed by atoms with Crippen molar-refractivity contribution in [3.05, 3.63) is 5.51 Å². The maximum Gasteiger partial charge on any atom is 0.212 e. The molecule has 0 unspecified atom stereocenters. The second kappa shape index (κ2) is 4.01. The van der Waals surface area contributed by atoms with E-state index in [0.29, 0.717) is 11.1 Å². The van der Waals surface area contributed by atoms with Gasteiger partial charge in [-0.3, -0.25) is 4.99 Å². The molecule has 0 fully saturated rings. The van der Waals surface area contributed by atoms with E-state index < -0.39 is 0 Å². The molecule has 6 heteroatoms. The number of guanidine groups is 1. The Kier molecular flexibility index (Phi) is 2.98. The Morgan fingerprint density at radius 1 is 1.75 bits per heavy atom. The third kappa shape index (κ3) is 2.83. The first kappa shape index (κ1) is 8.92. The Labute approximate surface area is 74.7 Å². The molecule has 0 saturated carbocycles. The van der Waals surface area contributed by atoms with E-state index in [2.05, 4.69) is 20.5 Å². The van der Waals surface area contributed by atoms with E-state index in [-0.39, 0.29) is 6.04 Å². The summed E-state index contributed by atoms with van der Waals surface area (Å²) in [5.41, 5.74) is 7.17. The van der Waals surface area contributed by atoms with Gasteiger partial charge < -0.3 is 11.1 Å². The summed E-state index contributed by atoms with van der Waals surface area (Å²) in [5, 5.41) is 10.9. The molecule has 0 atom stereocenters. The summed E-state index contributed by atoms with van der Waals surface area (Å²) in [5.74, 6) is 0.377. The largest absolute Gasteiger partial charge is 0.370 e. The molecule has 1 rings (SSSR count). The predicted octanol–water partition coefficient (Wildman–Crippen LogP) is 0.673. The van der Waals surface area contributed by atoms with Crippen LogP contribution < -0.4 is 11.1 Å². The van der Waals surface area contributed by atoms with Crippen LogP contribution in [0.2, 0.25) is 0 Å². The van der Waals surface area contributed by atoms with Crippen LogP contribution >= 0.6 is 11.3 Å². The minimum Gasteiger partial charge on any atom is -0.370 e. The van der Waals surface area contributed by atoms with Gasteiger partial charge in [0.05, 0.1) is 0 Å². The van der Waals surface area contributed by atoms with E-state index >= 15 is 0 Å². The van der Waals surface area contributed by atoms with Crippen LogP contribution in [-0.2, 0) is 0 Å². The fourth-order valence-electron chi connectivity index (χ4n) is 0.648. The molecule has 1 heterocycles. The molecule has 1 aromatic heterocycles. The van der Waals surface area contributed by atoms with Crippen molar-refractivity contribution in [1.82, 2.24) is 10.2 Å². The third-order valence-electron chi connectivity index (χ3n) is 0.992. The molecule has 0 aliphatic carbocycles. The van der Waals surface area contributed by atoms with Gasteiger partial charge in [-0.25, -0.2) is 0 Å². The molecule has 0 aromatic carbocycles. The molecule has 0 amide bonds. The van der Waals surface area contributed by atoms with Crippen LogP contribution in [0.1, 0.15) is 13.8 Å². The Morgan fingerprint density at radius 3 is 3.00 bits per heavy atom. The average Bonchev–Trinajstić information content (AvgIpc) is 2.37. The van der Waals surface area contributed by atoms with Crippen molar-refractivity contribution in [1.29, 1.82) is 0 Å². The molecular formula is C6H11N5S. The van der Waals surface area contributed by atoms with Crippen molar-refractivity contribution >= 4 is 22.4 Å². The minimum absolute atomic E-state index is 0.186. The number of nitrogens with two attached hydrogens (primary N) is 1. The summed E-state index contributed by atoms with van der Waals surface area (Å²) < 4.78 is 0. The SMILES string of the molecule is CC(C)N=C(N)Nc1nncs1. The lowest BCUT2D eigenvalue weighted by Gasteiger charge is -2.01. The normalized spacial score (nSPS) is 12.1. The van der Waals surface area contributed by atoms with E-state index in [1.54, 1.807) is 5.51 Å². The first-order valence-corrected chi connectivity index (χ1v) is 4.43. The van der Waals surface area contributed by atoms with Crippen LogP contribution in [0.3, 0.4) is 0 Å². The standard InChI is InChI=1S/C6H11N5S/c1-4(2)9-5(7)10-6-11-8-3-12-6/h3-4H,1-2H3,(H3,7,9,10,11). The number of nitrogens with one attached hydrogen (secondary N) is 1. The summed E-state index contributed by atoms with van der Waals surface area (Å²) in [6.45, 7) is 3.91.